The van der Waals surface area contributed by atoms with Crippen LogP contribution in [0.1, 0.15) is 18.1 Å². The van der Waals surface area contributed by atoms with E-state index in [2.05, 4.69) is 0 Å². The third kappa shape index (κ3) is 4.10. The molecule has 0 bridgehead atoms. The zero-order valence-electron chi connectivity index (χ0n) is 15.7. The molecule has 1 saturated heterocycles. The van der Waals surface area contributed by atoms with Crippen molar-refractivity contribution in [1.29, 1.82) is 5.26 Å². The maximum Gasteiger partial charge on any atom is 0.351 e. The molecule has 1 aliphatic rings. The number of hydrogen-bond donors (Lipinski definition) is 0. The Morgan fingerprint density at radius 3 is 2.46 bits per heavy atom. The lowest BCUT2D eigenvalue weighted by Crippen LogP contribution is -2.30. The number of anilines is 1. The predicted octanol–water partition coefficient (Wildman–Crippen LogP) is 3.98. The van der Waals surface area contributed by atoms with Crippen LogP contribution in [0.25, 0.3) is 0 Å². The molecule has 5 nitrogen and oxygen atoms in total. The molecule has 142 valence electrons. The summed E-state index contributed by atoms with van der Waals surface area (Å²) in [7, 11) is 0. The number of ether oxygens (including phenoxy) is 1. The molecule has 2 aromatic rings. The van der Waals surface area contributed by atoms with Gasteiger partial charge >= 0.3 is 5.97 Å². The van der Waals surface area contributed by atoms with Crippen LogP contribution in [-0.2, 0) is 20.7 Å². The van der Waals surface area contributed by atoms with Crippen molar-refractivity contribution in [2.24, 2.45) is 0 Å². The summed E-state index contributed by atoms with van der Waals surface area (Å²) in [5.74, 6) is -0.859. The number of hydrogen-bond acceptors (Lipinski definition) is 5. The van der Waals surface area contributed by atoms with Crippen LogP contribution < -0.4 is 4.90 Å². The van der Waals surface area contributed by atoms with Gasteiger partial charge in [0.15, 0.2) is 5.57 Å². The summed E-state index contributed by atoms with van der Waals surface area (Å²) in [6, 6.07) is 19.1. The quantitative estimate of drug-likeness (QED) is 0.437. The van der Waals surface area contributed by atoms with Gasteiger partial charge in [0, 0.05) is 5.69 Å². The first-order chi connectivity index (χ1) is 13.5. The SMILES string of the molecule is CCOC(=O)C(C#N)=C1SC(Cc2ccccc2)C(=O)N1c1ccc(C)cc1. The van der Waals surface area contributed by atoms with Crippen molar-refractivity contribution < 1.29 is 14.3 Å². The van der Waals surface area contributed by atoms with Crippen molar-refractivity contribution in [3.8, 4) is 6.07 Å². The standard InChI is InChI=1S/C22H20N2O3S/c1-3-27-22(26)18(14-23)21-24(17-11-9-15(2)10-12-17)20(25)19(28-21)13-16-7-5-4-6-8-16/h4-12,19H,3,13H2,1-2H3. The van der Waals surface area contributed by atoms with Gasteiger partial charge in [-0.2, -0.15) is 5.26 Å². The second kappa shape index (κ2) is 8.77. The van der Waals surface area contributed by atoms with E-state index in [9.17, 15) is 14.9 Å². The number of carbonyl (C=O) groups is 2. The van der Waals surface area contributed by atoms with Gasteiger partial charge in [0.2, 0.25) is 5.91 Å². The molecule has 0 aromatic heterocycles. The molecule has 6 heteroatoms. The normalized spacial score (nSPS) is 18.0. The molecule has 2 aromatic carbocycles. The van der Waals surface area contributed by atoms with Gasteiger partial charge < -0.3 is 4.74 Å². The Morgan fingerprint density at radius 2 is 1.86 bits per heavy atom. The Balaban J connectivity index is 2.03. The summed E-state index contributed by atoms with van der Waals surface area (Å²) in [5, 5.41) is 9.50. The van der Waals surface area contributed by atoms with E-state index in [0.29, 0.717) is 17.1 Å². The van der Waals surface area contributed by atoms with Crippen molar-refractivity contribution in [3.05, 3.63) is 76.3 Å². The minimum Gasteiger partial charge on any atom is -0.462 e. The van der Waals surface area contributed by atoms with Crippen LogP contribution in [0.3, 0.4) is 0 Å². The Labute approximate surface area is 168 Å². The molecule has 0 aliphatic carbocycles. The van der Waals surface area contributed by atoms with Gasteiger partial charge in [0.25, 0.3) is 0 Å². The topological polar surface area (TPSA) is 70.4 Å². The summed E-state index contributed by atoms with van der Waals surface area (Å²) >= 11 is 1.24. The predicted molar refractivity (Wildman–Crippen MR) is 109 cm³/mol. The number of nitrogens with zero attached hydrogens (tertiary/aromatic N) is 2. The number of aryl methyl sites for hydroxylation is 1. The highest BCUT2D eigenvalue weighted by Gasteiger charge is 2.41. The molecule has 1 unspecified atom stereocenters. The van der Waals surface area contributed by atoms with Gasteiger partial charge in [-0.3, -0.25) is 9.69 Å². The highest BCUT2D eigenvalue weighted by molar-refractivity contribution is 8.05. The molecule has 1 amide bonds. The monoisotopic (exact) mass is 392 g/mol. The smallest absolute Gasteiger partial charge is 0.351 e. The first-order valence-electron chi connectivity index (χ1n) is 8.97. The average Bonchev–Trinajstić information content (AvgIpc) is 3.00. The van der Waals surface area contributed by atoms with Crippen molar-refractivity contribution in [1.82, 2.24) is 0 Å². The lowest BCUT2D eigenvalue weighted by molar-refractivity contribution is -0.138. The molecule has 3 rings (SSSR count). The summed E-state index contributed by atoms with van der Waals surface area (Å²) in [6.45, 7) is 3.80. The second-order valence-corrected chi connectivity index (χ2v) is 7.51. The van der Waals surface area contributed by atoms with Crippen molar-refractivity contribution in [2.75, 3.05) is 11.5 Å². The van der Waals surface area contributed by atoms with E-state index in [4.69, 9.17) is 4.74 Å². The Morgan fingerprint density at radius 1 is 1.18 bits per heavy atom. The number of carbonyl (C=O) groups excluding carboxylic acids is 2. The van der Waals surface area contributed by atoms with Gasteiger partial charge in [-0.15, -0.1) is 0 Å². The van der Waals surface area contributed by atoms with E-state index in [1.807, 2.05) is 67.6 Å². The van der Waals surface area contributed by atoms with E-state index < -0.39 is 11.2 Å². The van der Waals surface area contributed by atoms with Gasteiger partial charge in [-0.05, 0) is 38.0 Å². The molecule has 1 fully saturated rings. The van der Waals surface area contributed by atoms with Crippen LogP contribution >= 0.6 is 11.8 Å². The number of amides is 1. The van der Waals surface area contributed by atoms with E-state index in [1.165, 1.54) is 16.7 Å². The molecule has 1 aliphatic heterocycles. The third-order valence-electron chi connectivity index (χ3n) is 4.31. The minimum atomic E-state index is -0.710. The van der Waals surface area contributed by atoms with Gasteiger partial charge in [0.1, 0.15) is 11.1 Å². The number of rotatable bonds is 5. The highest BCUT2D eigenvalue weighted by atomic mass is 32.2. The van der Waals surface area contributed by atoms with Crippen LogP contribution in [0, 0.1) is 18.3 Å². The number of thioether (sulfide) groups is 1. The van der Waals surface area contributed by atoms with Crippen molar-refractivity contribution in [3.63, 3.8) is 0 Å². The van der Waals surface area contributed by atoms with E-state index in [-0.39, 0.29) is 18.1 Å². The third-order valence-corrected chi connectivity index (χ3v) is 5.58. The zero-order chi connectivity index (χ0) is 20.1. The van der Waals surface area contributed by atoms with Gasteiger partial charge in [-0.25, -0.2) is 4.79 Å². The molecule has 28 heavy (non-hydrogen) atoms. The van der Waals surface area contributed by atoms with Crippen LogP contribution in [0.2, 0.25) is 0 Å². The first kappa shape index (κ1) is 19.7. The summed E-state index contributed by atoms with van der Waals surface area (Å²) in [5.41, 5.74) is 2.57. The molecule has 0 radical (unpaired) electrons. The first-order valence-corrected chi connectivity index (χ1v) is 9.85. The fourth-order valence-electron chi connectivity index (χ4n) is 2.93. The molecule has 0 spiro atoms. The van der Waals surface area contributed by atoms with E-state index in [1.54, 1.807) is 6.92 Å². The van der Waals surface area contributed by atoms with Crippen molar-refractivity contribution in [2.45, 2.75) is 25.5 Å². The molecular weight excluding hydrogens is 372 g/mol. The molecule has 0 saturated carbocycles. The molecule has 1 heterocycles. The number of esters is 1. The number of nitriles is 1. The molecule has 1 atom stereocenters. The summed E-state index contributed by atoms with van der Waals surface area (Å²) in [4.78, 5) is 27.0. The van der Waals surface area contributed by atoms with Gasteiger partial charge in [0.05, 0.1) is 11.9 Å². The second-order valence-electron chi connectivity index (χ2n) is 6.32. The van der Waals surface area contributed by atoms with Crippen LogP contribution in [0.15, 0.2) is 65.2 Å². The average molecular weight is 392 g/mol. The minimum absolute atomic E-state index is 0.142. The van der Waals surface area contributed by atoms with Crippen LogP contribution in [-0.4, -0.2) is 23.7 Å². The van der Waals surface area contributed by atoms with Crippen LogP contribution in [0.5, 0.6) is 0 Å². The number of benzene rings is 2. The largest absolute Gasteiger partial charge is 0.462 e. The molecular formula is C22H20N2O3S. The highest BCUT2D eigenvalue weighted by Crippen LogP contribution is 2.42. The summed E-state index contributed by atoms with van der Waals surface area (Å²) < 4.78 is 5.03. The van der Waals surface area contributed by atoms with Crippen LogP contribution in [0.4, 0.5) is 5.69 Å². The zero-order valence-corrected chi connectivity index (χ0v) is 16.5. The van der Waals surface area contributed by atoms with Gasteiger partial charge in [-0.1, -0.05) is 59.8 Å². The lowest BCUT2D eigenvalue weighted by atomic mass is 10.1. The summed E-state index contributed by atoms with van der Waals surface area (Å²) in [6.07, 6.45) is 0.512. The Hall–Kier alpha value is -3.04. The maximum absolute atomic E-state index is 13.2. The van der Waals surface area contributed by atoms with Crippen molar-refractivity contribution >= 4 is 29.3 Å². The lowest BCUT2D eigenvalue weighted by Gasteiger charge is -2.18. The Kier molecular flexibility index (Phi) is 6.17. The van der Waals surface area contributed by atoms with E-state index in [0.717, 1.165) is 11.1 Å². The van der Waals surface area contributed by atoms with E-state index >= 15 is 0 Å². The maximum atomic E-state index is 13.2. The molecule has 0 N–H and O–H groups in total. The fraction of sp³-hybridized carbons (Fsp3) is 0.227. The Bertz CT molecular complexity index is 946. The fourth-order valence-corrected chi connectivity index (χ4v) is 4.23.